The summed E-state index contributed by atoms with van der Waals surface area (Å²) in [5, 5.41) is 6.79. The van der Waals surface area contributed by atoms with Gasteiger partial charge in [0.2, 0.25) is 0 Å². The number of nitrogens with one attached hydrogen (secondary N) is 2. The number of para-hydroxylation sites is 1. The maximum atomic E-state index is 5.94. The normalized spacial score (nSPS) is 12.1. The molecule has 0 heterocycles. The molecule has 0 spiro atoms. The number of guanidine groups is 1. The van der Waals surface area contributed by atoms with E-state index in [4.69, 9.17) is 9.47 Å². The molecule has 2 aromatic rings. The number of ether oxygens (including phenoxy) is 2. The van der Waals surface area contributed by atoms with Crippen molar-refractivity contribution in [2.45, 2.75) is 25.8 Å². The van der Waals surface area contributed by atoms with E-state index >= 15 is 0 Å². The third-order valence-electron chi connectivity index (χ3n) is 4.99. The summed E-state index contributed by atoms with van der Waals surface area (Å²) in [6, 6.07) is 16.4. The molecule has 7 heteroatoms. The van der Waals surface area contributed by atoms with E-state index in [9.17, 15) is 0 Å². The molecule has 0 saturated heterocycles. The molecule has 1 atom stereocenters. The molecule has 6 nitrogen and oxygen atoms in total. The number of hydrogen-bond donors (Lipinski definition) is 2. The van der Waals surface area contributed by atoms with Crippen LogP contribution in [0.4, 0.5) is 0 Å². The first-order valence-corrected chi connectivity index (χ1v) is 10.5. The minimum Gasteiger partial charge on any atom is -0.497 e. The molecule has 1 unspecified atom stereocenters. The van der Waals surface area contributed by atoms with Crippen molar-refractivity contribution in [1.82, 2.24) is 15.5 Å². The van der Waals surface area contributed by atoms with Crippen LogP contribution in [0.3, 0.4) is 0 Å². The summed E-state index contributed by atoms with van der Waals surface area (Å²) in [5.74, 6) is 3.04. The molecule has 0 aliphatic rings. The van der Waals surface area contributed by atoms with E-state index < -0.39 is 0 Å². The fourth-order valence-corrected chi connectivity index (χ4v) is 3.03. The van der Waals surface area contributed by atoms with Gasteiger partial charge in [-0.15, -0.1) is 24.0 Å². The third kappa shape index (κ3) is 9.78. The van der Waals surface area contributed by atoms with E-state index in [-0.39, 0.29) is 24.0 Å². The van der Waals surface area contributed by atoms with Crippen molar-refractivity contribution in [3.05, 3.63) is 59.7 Å². The molecule has 172 valence electrons. The Kier molecular flexibility index (Phi) is 13.0. The zero-order valence-electron chi connectivity index (χ0n) is 19.4. The molecular weight excluding hydrogens is 503 g/mol. The highest BCUT2D eigenvalue weighted by molar-refractivity contribution is 14.0. The van der Waals surface area contributed by atoms with Crippen molar-refractivity contribution in [2.24, 2.45) is 4.99 Å². The number of benzene rings is 2. The van der Waals surface area contributed by atoms with Crippen molar-refractivity contribution in [2.75, 3.05) is 47.9 Å². The predicted molar refractivity (Wildman–Crippen MR) is 140 cm³/mol. The Hall–Kier alpha value is -2.00. The first kappa shape index (κ1) is 27.0. The number of nitrogens with zero attached hydrogens (tertiary/aromatic N) is 2. The summed E-state index contributed by atoms with van der Waals surface area (Å²) in [7, 11) is 7.57. The first-order chi connectivity index (χ1) is 14.5. The third-order valence-corrected chi connectivity index (χ3v) is 4.99. The van der Waals surface area contributed by atoms with Gasteiger partial charge in [-0.1, -0.05) is 37.3 Å². The Morgan fingerprint density at radius 2 is 1.77 bits per heavy atom. The van der Waals surface area contributed by atoms with Crippen LogP contribution >= 0.6 is 24.0 Å². The lowest BCUT2D eigenvalue weighted by atomic mass is 9.98. The van der Waals surface area contributed by atoms with Crippen LogP contribution in [0.2, 0.25) is 0 Å². The van der Waals surface area contributed by atoms with E-state index in [2.05, 4.69) is 45.6 Å². The van der Waals surface area contributed by atoms with Gasteiger partial charge in [0.25, 0.3) is 0 Å². The number of rotatable bonds is 11. The van der Waals surface area contributed by atoms with E-state index in [1.165, 1.54) is 5.56 Å². The standard InChI is InChI=1S/C24H36N4O2.HI/c1-19(20-10-12-22(29-5)13-11-20)14-15-26-24(25-2)27-18-21-8-6-7-9-23(21)30-17-16-28(3)4;/h6-13,19H,14-18H2,1-5H3,(H2,25,26,27);1H. The van der Waals surface area contributed by atoms with Crippen LogP contribution < -0.4 is 20.1 Å². The molecule has 31 heavy (non-hydrogen) atoms. The average molecular weight is 540 g/mol. The quantitative estimate of drug-likeness (QED) is 0.255. The van der Waals surface area contributed by atoms with Crippen LogP contribution in [-0.2, 0) is 6.54 Å². The molecule has 0 aliphatic carbocycles. The van der Waals surface area contributed by atoms with Crippen molar-refractivity contribution >= 4 is 29.9 Å². The SMILES string of the molecule is CN=C(NCCC(C)c1ccc(OC)cc1)NCc1ccccc1OCCN(C)C.I. The highest BCUT2D eigenvalue weighted by Crippen LogP contribution is 2.21. The van der Waals surface area contributed by atoms with Crippen LogP contribution in [0.15, 0.2) is 53.5 Å². The van der Waals surface area contributed by atoms with Gasteiger partial charge in [0.15, 0.2) is 5.96 Å². The molecule has 0 bridgehead atoms. The van der Waals surface area contributed by atoms with Gasteiger partial charge in [0.1, 0.15) is 18.1 Å². The number of aliphatic imine (C=N–C) groups is 1. The maximum absolute atomic E-state index is 5.94. The molecule has 0 aromatic heterocycles. The molecule has 2 N–H and O–H groups in total. The Morgan fingerprint density at radius 3 is 2.42 bits per heavy atom. The average Bonchev–Trinajstić information content (AvgIpc) is 2.76. The monoisotopic (exact) mass is 540 g/mol. The van der Waals surface area contributed by atoms with Gasteiger partial charge in [-0.3, -0.25) is 4.99 Å². The summed E-state index contributed by atoms with van der Waals surface area (Å²) in [6.45, 7) is 5.29. The van der Waals surface area contributed by atoms with Crippen LogP contribution in [-0.4, -0.2) is 58.8 Å². The second kappa shape index (κ2) is 14.9. The van der Waals surface area contributed by atoms with Gasteiger partial charge < -0.3 is 25.0 Å². The summed E-state index contributed by atoms with van der Waals surface area (Å²) in [6.07, 6.45) is 1.01. The van der Waals surface area contributed by atoms with E-state index in [0.717, 1.165) is 42.5 Å². The minimum absolute atomic E-state index is 0. The second-order valence-corrected chi connectivity index (χ2v) is 7.57. The fraction of sp³-hybridized carbons (Fsp3) is 0.458. The summed E-state index contributed by atoms with van der Waals surface area (Å²) < 4.78 is 11.2. The zero-order valence-corrected chi connectivity index (χ0v) is 21.7. The number of methoxy groups -OCH3 is 1. The van der Waals surface area contributed by atoms with Gasteiger partial charge >= 0.3 is 0 Å². The number of hydrogen-bond acceptors (Lipinski definition) is 4. The second-order valence-electron chi connectivity index (χ2n) is 7.57. The lowest BCUT2D eigenvalue weighted by molar-refractivity contribution is 0.259. The van der Waals surface area contributed by atoms with Gasteiger partial charge in [-0.2, -0.15) is 0 Å². The Labute approximate surface area is 204 Å². The molecule has 0 saturated carbocycles. The van der Waals surface area contributed by atoms with Gasteiger partial charge in [0.05, 0.1) is 7.11 Å². The van der Waals surface area contributed by atoms with Gasteiger partial charge in [-0.25, -0.2) is 0 Å². The molecule has 0 radical (unpaired) electrons. The highest BCUT2D eigenvalue weighted by atomic mass is 127. The van der Waals surface area contributed by atoms with Crippen LogP contribution in [0.25, 0.3) is 0 Å². The van der Waals surface area contributed by atoms with Crippen molar-refractivity contribution in [3.8, 4) is 11.5 Å². The predicted octanol–water partition coefficient (Wildman–Crippen LogP) is 4.11. The van der Waals surface area contributed by atoms with Crippen LogP contribution in [0.5, 0.6) is 11.5 Å². The first-order valence-electron chi connectivity index (χ1n) is 10.5. The Bertz CT molecular complexity index is 781. The lowest BCUT2D eigenvalue weighted by Gasteiger charge is -2.17. The summed E-state index contributed by atoms with van der Waals surface area (Å²) in [4.78, 5) is 6.45. The van der Waals surface area contributed by atoms with Gasteiger partial charge in [0, 0.05) is 32.2 Å². The van der Waals surface area contributed by atoms with Crippen molar-refractivity contribution in [3.63, 3.8) is 0 Å². The molecule has 2 rings (SSSR count). The van der Waals surface area contributed by atoms with Gasteiger partial charge in [-0.05, 0) is 50.2 Å². The molecular formula is C24H37IN4O2. The highest BCUT2D eigenvalue weighted by Gasteiger charge is 2.08. The van der Waals surface area contributed by atoms with E-state index in [1.54, 1.807) is 14.2 Å². The molecule has 2 aromatic carbocycles. The Morgan fingerprint density at radius 1 is 1.06 bits per heavy atom. The van der Waals surface area contributed by atoms with Crippen LogP contribution in [0.1, 0.15) is 30.4 Å². The van der Waals surface area contributed by atoms with Crippen molar-refractivity contribution in [1.29, 1.82) is 0 Å². The smallest absolute Gasteiger partial charge is 0.191 e. The van der Waals surface area contributed by atoms with E-state index in [0.29, 0.717) is 19.1 Å². The summed E-state index contributed by atoms with van der Waals surface area (Å²) in [5.41, 5.74) is 2.43. The molecule has 0 amide bonds. The largest absolute Gasteiger partial charge is 0.497 e. The molecule has 0 fully saturated rings. The summed E-state index contributed by atoms with van der Waals surface area (Å²) >= 11 is 0. The maximum Gasteiger partial charge on any atom is 0.191 e. The lowest BCUT2D eigenvalue weighted by Crippen LogP contribution is -2.37. The zero-order chi connectivity index (χ0) is 21.8. The Balaban J connectivity index is 0.00000480. The molecule has 0 aliphatic heterocycles. The van der Waals surface area contributed by atoms with E-state index in [1.807, 2.05) is 44.4 Å². The van der Waals surface area contributed by atoms with Crippen LogP contribution in [0, 0.1) is 0 Å². The number of halogens is 1. The van der Waals surface area contributed by atoms with Crippen molar-refractivity contribution < 1.29 is 9.47 Å². The fourth-order valence-electron chi connectivity index (χ4n) is 3.03. The minimum atomic E-state index is 0. The number of likely N-dealkylation sites (N-methyl/N-ethyl adjacent to an activating group) is 1. The topological polar surface area (TPSA) is 58.1 Å².